The third kappa shape index (κ3) is 1.92. The highest BCUT2D eigenvalue weighted by Crippen LogP contribution is 2.29. The average Bonchev–Trinajstić information content (AvgIpc) is 2.19. The quantitative estimate of drug-likeness (QED) is 0.774. The average molecular weight is 212 g/mol. The molecular weight excluding hydrogens is 198 g/mol. The summed E-state index contributed by atoms with van der Waals surface area (Å²) >= 11 is 5.93. The van der Waals surface area contributed by atoms with E-state index < -0.39 is 0 Å². The van der Waals surface area contributed by atoms with Crippen molar-refractivity contribution in [2.45, 2.75) is 18.4 Å². The van der Waals surface area contributed by atoms with Gasteiger partial charge in [0.25, 0.3) is 0 Å². The van der Waals surface area contributed by atoms with Crippen molar-refractivity contribution in [3.05, 3.63) is 34.9 Å². The van der Waals surface area contributed by atoms with E-state index >= 15 is 0 Å². The van der Waals surface area contributed by atoms with Gasteiger partial charge in [0.1, 0.15) is 0 Å². The lowest BCUT2D eigenvalue weighted by molar-refractivity contribution is 0.0367. The molecule has 1 unspecified atom stereocenters. The molecule has 0 radical (unpaired) electrons. The minimum atomic E-state index is -0.344. The second-order valence-electron chi connectivity index (χ2n) is 3.82. The molecule has 1 saturated heterocycles. The molecule has 0 bridgehead atoms. The van der Waals surface area contributed by atoms with Crippen LogP contribution in [0.4, 0.5) is 0 Å². The monoisotopic (exact) mass is 211 g/mol. The zero-order valence-corrected chi connectivity index (χ0v) is 8.76. The molecule has 2 N–H and O–H groups in total. The van der Waals surface area contributed by atoms with Crippen LogP contribution in [0.2, 0.25) is 5.02 Å². The maximum atomic E-state index is 6.27. The Morgan fingerprint density at radius 1 is 1.43 bits per heavy atom. The molecule has 1 aliphatic heterocycles. The lowest BCUT2D eigenvalue weighted by atomic mass is 9.86. The molecule has 1 aromatic carbocycles. The number of hydrogen-bond acceptors (Lipinski definition) is 2. The van der Waals surface area contributed by atoms with Crippen molar-refractivity contribution in [3.63, 3.8) is 0 Å². The van der Waals surface area contributed by atoms with Gasteiger partial charge in [-0.3, -0.25) is 0 Å². The van der Waals surface area contributed by atoms with E-state index in [9.17, 15) is 0 Å². The fourth-order valence-corrected chi connectivity index (χ4v) is 2.03. The van der Waals surface area contributed by atoms with Crippen LogP contribution in [0.15, 0.2) is 24.3 Å². The summed E-state index contributed by atoms with van der Waals surface area (Å²) in [6.07, 6.45) is 1.98. The molecule has 1 atom stereocenters. The summed E-state index contributed by atoms with van der Waals surface area (Å²) in [5.41, 5.74) is 7.00. The molecule has 2 nitrogen and oxygen atoms in total. The smallest absolute Gasteiger partial charge is 0.0688 e. The highest BCUT2D eigenvalue weighted by Gasteiger charge is 2.30. The summed E-state index contributed by atoms with van der Waals surface area (Å²) in [6, 6.07) is 7.73. The predicted molar refractivity (Wildman–Crippen MR) is 57.4 cm³/mol. The Hall–Kier alpha value is -0.570. The Morgan fingerprint density at radius 3 is 2.93 bits per heavy atom. The topological polar surface area (TPSA) is 35.2 Å². The fraction of sp³-hybridized carbons (Fsp3) is 0.455. The van der Waals surface area contributed by atoms with Crippen molar-refractivity contribution >= 4 is 11.6 Å². The van der Waals surface area contributed by atoms with Crippen LogP contribution in [-0.4, -0.2) is 13.2 Å². The van der Waals surface area contributed by atoms with Crippen LogP contribution >= 0.6 is 11.6 Å². The minimum absolute atomic E-state index is 0.344. The van der Waals surface area contributed by atoms with E-state index in [1.54, 1.807) is 0 Å². The molecule has 3 heteroatoms. The molecule has 0 spiro atoms. The van der Waals surface area contributed by atoms with Gasteiger partial charge in [0.05, 0.1) is 12.1 Å². The molecule has 1 aliphatic rings. The number of halogens is 1. The Morgan fingerprint density at radius 2 is 2.29 bits per heavy atom. The van der Waals surface area contributed by atoms with Crippen molar-refractivity contribution in [1.82, 2.24) is 0 Å². The second kappa shape index (κ2) is 3.89. The van der Waals surface area contributed by atoms with Crippen LogP contribution in [0.1, 0.15) is 18.4 Å². The summed E-state index contributed by atoms with van der Waals surface area (Å²) in [7, 11) is 0. The van der Waals surface area contributed by atoms with Crippen LogP contribution in [0.25, 0.3) is 0 Å². The van der Waals surface area contributed by atoms with Gasteiger partial charge < -0.3 is 10.5 Å². The van der Waals surface area contributed by atoms with E-state index in [1.165, 1.54) is 0 Å². The lowest BCUT2D eigenvalue weighted by Gasteiger charge is -2.33. The largest absolute Gasteiger partial charge is 0.379 e. The number of rotatable bonds is 1. The summed E-state index contributed by atoms with van der Waals surface area (Å²) in [5.74, 6) is 0. The summed E-state index contributed by atoms with van der Waals surface area (Å²) in [5, 5.41) is 0.734. The molecule has 0 saturated carbocycles. The minimum Gasteiger partial charge on any atom is -0.379 e. The van der Waals surface area contributed by atoms with Crippen molar-refractivity contribution < 1.29 is 4.74 Å². The third-order valence-electron chi connectivity index (χ3n) is 2.67. The van der Waals surface area contributed by atoms with Crippen LogP contribution in [0, 0.1) is 0 Å². The van der Waals surface area contributed by atoms with Crippen molar-refractivity contribution in [3.8, 4) is 0 Å². The first-order valence-corrected chi connectivity index (χ1v) is 5.21. The Bertz CT molecular complexity index is 321. The van der Waals surface area contributed by atoms with Gasteiger partial charge in [0.2, 0.25) is 0 Å². The van der Waals surface area contributed by atoms with Crippen molar-refractivity contribution in [2.24, 2.45) is 5.73 Å². The molecule has 1 heterocycles. The fourth-order valence-electron chi connectivity index (χ4n) is 1.84. The summed E-state index contributed by atoms with van der Waals surface area (Å²) in [4.78, 5) is 0. The maximum absolute atomic E-state index is 6.27. The molecule has 14 heavy (non-hydrogen) atoms. The second-order valence-corrected chi connectivity index (χ2v) is 4.26. The molecule has 0 aliphatic carbocycles. The SMILES string of the molecule is NC1(c2cccc(Cl)c2)CCCOC1. The Kier molecular flexibility index (Phi) is 2.77. The first-order valence-electron chi connectivity index (χ1n) is 4.83. The molecule has 2 rings (SSSR count). The molecule has 76 valence electrons. The summed E-state index contributed by atoms with van der Waals surface area (Å²) < 4.78 is 5.41. The Labute approximate surface area is 89.0 Å². The van der Waals surface area contributed by atoms with Crippen LogP contribution < -0.4 is 5.73 Å². The number of nitrogens with two attached hydrogens (primary N) is 1. The van der Waals surface area contributed by atoms with Crippen molar-refractivity contribution in [2.75, 3.05) is 13.2 Å². The van der Waals surface area contributed by atoms with Gasteiger partial charge in [-0.1, -0.05) is 23.7 Å². The van der Waals surface area contributed by atoms with Crippen LogP contribution in [0.3, 0.4) is 0 Å². The number of ether oxygens (including phenoxy) is 1. The van der Waals surface area contributed by atoms with Gasteiger partial charge in [-0.2, -0.15) is 0 Å². The predicted octanol–water partition coefficient (Wildman–Crippen LogP) is 2.30. The van der Waals surface area contributed by atoms with Crippen LogP contribution in [0.5, 0.6) is 0 Å². The van der Waals surface area contributed by atoms with Crippen LogP contribution in [-0.2, 0) is 10.3 Å². The van der Waals surface area contributed by atoms with E-state index in [0.29, 0.717) is 6.61 Å². The zero-order valence-electron chi connectivity index (χ0n) is 8.00. The van der Waals surface area contributed by atoms with Gasteiger partial charge in [0.15, 0.2) is 0 Å². The van der Waals surface area contributed by atoms with E-state index in [4.69, 9.17) is 22.1 Å². The molecular formula is C11H14ClNO. The molecule has 0 aromatic heterocycles. The van der Waals surface area contributed by atoms with E-state index in [0.717, 1.165) is 30.0 Å². The summed E-state index contributed by atoms with van der Waals surface area (Å²) in [6.45, 7) is 1.41. The highest BCUT2D eigenvalue weighted by atomic mass is 35.5. The normalized spacial score (nSPS) is 27.6. The molecule has 0 amide bonds. The standard InChI is InChI=1S/C11H14ClNO/c12-10-4-1-3-9(7-10)11(13)5-2-6-14-8-11/h1,3-4,7H,2,5-6,8,13H2. The Balaban J connectivity index is 2.28. The van der Waals surface area contributed by atoms with E-state index in [-0.39, 0.29) is 5.54 Å². The number of benzene rings is 1. The van der Waals surface area contributed by atoms with E-state index in [2.05, 4.69) is 0 Å². The van der Waals surface area contributed by atoms with Crippen molar-refractivity contribution in [1.29, 1.82) is 0 Å². The van der Waals surface area contributed by atoms with Gasteiger partial charge >= 0.3 is 0 Å². The van der Waals surface area contributed by atoms with E-state index in [1.807, 2.05) is 24.3 Å². The number of hydrogen-bond donors (Lipinski definition) is 1. The molecule has 1 aromatic rings. The van der Waals surface area contributed by atoms with Gasteiger partial charge in [-0.05, 0) is 30.5 Å². The molecule has 1 fully saturated rings. The maximum Gasteiger partial charge on any atom is 0.0688 e. The third-order valence-corrected chi connectivity index (χ3v) is 2.91. The van der Waals surface area contributed by atoms with Gasteiger partial charge in [0, 0.05) is 11.6 Å². The zero-order chi connectivity index (χ0) is 10.0. The van der Waals surface area contributed by atoms with Gasteiger partial charge in [-0.25, -0.2) is 0 Å². The first-order chi connectivity index (χ1) is 6.71. The first kappa shape index (κ1) is 9.97. The highest BCUT2D eigenvalue weighted by molar-refractivity contribution is 6.30. The van der Waals surface area contributed by atoms with Gasteiger partial charge in [-0.15, -0.1) is 0 Å². The lowest BCUT2D eigenvalue weighted by Crippen LogP contribution is -2.44.